The highest BCUT2D eigenvalue weighted by Crippen LogP contribution is 2.21. The van der Waals surface area contributed by atoms with Crippen LogP contribution in [0.25, 0.3) is 0 Å². The van der Waals surface area contributed by atoms with Crippen molar-refractivity contribution >= 4 is 11.9 Å². The fraction of sp³-hybridized carbons (Fsp3) is 0.800. The lowest BCUT2D eigenvalue weighted by Gasteiger charge is -2.33. The number of nitrogens with two attached hydrogens (primary N) is 1. The molecule has 0 aliphatic carbocycles. The third kappa shape index (κ3) is 7.92. The molecule has 120 valence electrons. The third-order valence-electron chi connectivity index (χ3n) is 2.38. The Hall–Kier alpha value is -1.39. The van der Waals surface area contributed by atoms with E-state index in [1.165, 1.54) is 0 Å². The SMILES string of the molecule is C.NCCCC[C@H]1C(=O)NC1C(=O)O.OOC(F)(F)F. The summed E-state index contributed by atoms with van der Waals surface area (Å²) in [6.45, 7) is 0.589. The molecule has 0 spiro atoms. The zero-order valence-corrected chi connectivity index (χ0v) is 9.81. The van der Waals surface area contributed by atoms with Crippen molar-refractivity contribution in [1.82, 2.24) is 5.32 Å². The van der Waals surface area contributed by atoms with Gasteiger partial charge in [0.15, 0.2) is 0 Å². The van der Waals surface area contributed by atoms with Crippen molar-refractivity contribution in [1.29, 1.82) is 0 Å². The quantitative estimate of drug-likeness (QED) is 0.259. The minimum Gasteiger partial charge on any atom is -0.480 e. The number of aliphatic carboxylic acids is 1. The molecular weight excluding hydrogens is 285 g/mol. The van der Waals surface area contributed by atoms with Gasteiger partial charge < -0.3 is 16.2 Å². The predicted molar refractivity (Wildman–Crippen MR) is 62.5 cm³/mol. The maximum absolute atomic E-state index is 10.9. The minimum absolute atomic E-state index is 0. The van der Waals surface area contributed by atoms with Crippen LogP contribution in [0.4, 0.5) is 13.2 Å². The van der Waals surface area contributed by atoms with Crippen molar-refractivity contribution in [2.24, 2.45) is 11.7 Å². The summed E-state index contributed by atoms with van der Waals surface area (Å²) in [6.07, 6.45) is -2.62. The summed E-state index contributed by atoms with van der Waals surface area (Å²) in [5.74, 6) is -1.44. The van der Waals surface area contributed by atoms with Gasteiger partial charge in [-0.3, -0.25) is 4.79 Å². The zero-order chi connectivity index (χ0) is 15.1. The largest absolute Gasteiger partial charge is 0.549 e. The molecule has 1 aliphatic heterocycles. The van der Waals surface area contributed by atoms with Crippen molar-refractivity contribution in [2.75, 3.05) is 6.54 Å². The molecule has 1 unspecified atom stereocenters. The van der Waals surface area contributed by atoms with Crippen LogP contribution in [0.3, 0.4) is 0 Å². The summed E-state index contributed by atoms with van der Waals surface area (Å²) in [4.78, 5) is 23.4. The molecule has 0 aromatic rings. The average molecular weight is 304 g/mol. The predicted octanol–water partition coefficient (Wildman–Crippen LogP) is 0.947. The van der Waals surface area contributed by atoms with Crippen molar-refractivity contribution in [3.8, 4) is 0 Å². The van der Waals surface area contributed by atoms with Gasteiger partial charge in [-0.15, -0.1) is 18.1 Å². The first-order valence-corrected chi connectivity index (χ1v) is 5.35. The Balaban J connectivity index is 0. The first kappa shape index (κ1) is 20.9. The van der Waals surface area contributed by atoms with E-state index in [-0.39, 0.29) is 19.3 Å². The summed E-state index contributed by atoms with van der Waals surface area (Å²) in [6, 6.07) is -0.676. The molecule has 0 aromatic carbocycles. The van der Waals surface area contributed by atoms with Crippen molar-refractivity contribution in [2.45, 2.75) is 39.1 Å². The second kappa shape index (κ2) is 9.50. The molecule has 1 fully saturated rings. The summed E-state index contributed by atoms with van der Waals surface area (Å²) in [5, 5.41) is 17.8. The van der Waals surface area contributed by atoms with E-state index >= 15 is 0 Å². The number of rotatable bonds is 5. The summed E-state index contributed by atoms with van der Waals surface area (Å²) in [5.41, 5.74) is 5.29. The Morgan fingerprint density at radius 3 is 2.20 bits per heavy atom. The van der Waals surface area contributed by atoms with E-state index in [0.717, 1.165) is 12.8 Å². The van der Waals surface area contributed by atoms with Gasteiger partial charge in [-0.25, -0.2) is 10.1 Å². The van der Waals surface area contributed by atoms with Gasteiger partial charge in [-0.1, -0.05) is 13.8 Å². The van der Waals surface area contributed by atoms with Crippen LogP contribution in [-0.4, -0.2) is 41.2 Å². The Morgan fingerprint density at radius 1 is 1.40 bits per heavy atom. The summed E-state index contributed by atoms with van der Waals surface area (Å²) >= 11 is 0. The molecule has 0 saturated carbocycles. The van der Waals surface area contributed by atoms with Crippen LogP contribution in [0.5, 0.6) is 0 Å². The molecule has 0 aromatic heterocycles. The van der Waals surface area contributed by atoms with E-state index in [1.807, 2.05) is 4.89 Å². The summed E-state index contributed by atoms with van der Waals surface area (Å²) in [7, 11) is 0. The normalized spacial score (nSPS) is 20.8. The molecule has 5 N–H and O–H groups in total. The van der Waals surface area contributed by atoms with E-state index < -0.39 is 18.4 Å². The Labute approximate surface area is 113 Å². The number of hydrogen-bond acceptors (Lipinski definition) is 5. The first-order chi connectivity index (χ1) is 8.72. The number of unbranched alkanes of at least 4 members (excludes halogenated alkanes) is 1. The lowest BCUT2D eigenvalue weighted by molar-refractivity contribution is -0.464. The van der Waals surface area contributed by atoms with E-state index in [4.69, 9.17) is 16.1 Å². The second-order valence-corrected chi connectivity index (χ2v) is 3.75. The number of hydrogen-bond donors (Lipinski definition) is 4. The molecule has 0 bridgehead atoms. The van der Waals surface area contributed by atoms with Crippen LogP contribution in [0.15, 0.2) is 0 Å². The Bertz CT molecular complexity index is 312. The standard InChI is InChI=1S/C8H14N2O3.CHF3O2.CH4/c9-4-2-1-3-5-6(8(12)13)10-7(5)11;2-1(3,4)6-5;/h5-6H,1-4,9H2,(H,10,11)(H,12,13);5H;1H4/t5-,6?;;/m1../s1. The number of amides is 1. The van der Waals surface area contributed by atoms with Gasteiger partial charge >= 0.3 is 12.3 Å². The van der Waals surface area contributed by atoms with Crippen LogP contribution in [0, 0.1) is 5.92 Å². The molecule has 0 radical (unpaired) electrons. The molecule has 2 atom stereocenters. The van der Waals surface area contributed by atoms with Crippen LogP contribution in [0.2, 0.25) is 0 Å². The molecule has 1 amide bonds. The highest BCUT2D eigenvalue weighted by Gasteiger charge is 2.43. The lowest BCUT2D eigenvalue weighted by atomic mass is 9.86. The maximum atomic E-state index is 10.9. The Kier molecular flexibility index (Phi) is 9.94. The number of β-lactam (4-membered cyclic amide) rings is 1. The number of carbonyl (C=O) groups excluding carboxylic acids is 1. The average Bonchev–Trinajstić information content (AvgIpc) is 2.31. The molecule has 1 rings (SSSR count). The Morgan fingerprint density at radius 2 is 1.90 bits per heavy atom. The van der Waals surface area contributed by atoms with Crippen molar-refractivity contribution < 1.29 is 38.0 Å². The van der Waals surface area contributed by atoms with E-state index in [9.17, 15) is 22.8 Å². The van der Waals surface area contributed by atoms with Gasteiger partial charge in [0.2, 0.25) is 5.91 Å². The molecular formula is C10H19F3N2O5. The highest BCUT2D eigenvalue weighted by molar-refractivity contribution is 5.96. The van der Waals surface area contributed by atoms with Crippen molar-refractivity contribution in [3.63, 3.8) is 0 Å². The zero-order valence-electron chi connectivity index (χ0n) is 9.81. The van der Waals surface area contributed by atoms with Gasteiger partial charge in [-0.05, 0) is 19.4 Å². The molecule has 1 heterocycles. The van der Waals surface area contributed by atoms with Gasteiger partial charge in [0.25, 0.3) is 0 Å². The van der Waals surface area contributed by atoms with Crippen LogP contribution in [0.1, 0.15) is 26.7 Å². The molecule has 1 saturated heterocycles. The van der Waals surface area contributed by atoms with Crippen molar-refractivity contribution in [3.05, 3.63) is 0 Å². The van der Waals surface area contributed by atoms with Gasteiger partial charge in [0, 0.05) is 0 Å². The molecule has 20 heavy (non-hydrogen) atoms. The third-order valence-corrected chi connectivity index (χ3v) is 2.38. The van der Waals surface area contributed by atoms with Crippen LogP contribution in [-0.2, 0) is 14.5 Å². The van der Waals surface area contributed by atoms with E-state index in [2.05, 4.69) is 5.32 Å². The van der Waals surface area contributed by atoms with Gasteiger partial charge in [0.05, 0.1) is 5.92 Å². The first-order valence-electron chi connectivity index (χ1n) is 5.35. The maximum Gasteiger partial charge on any atom is 0.549 e. The second-order valence-electron chi connectivity index (χ2n) is 3.75. The fourth-order valence-corrected chi connectivity index (χ4v) is 1.46. The number of carboxylic acid groups (broad SMARTS) is 1. The number of nitrogens with one attached hydrogen (secondary N) is 1. The number of alkyl halides is 3. The van der Waals surface area contributed by atoms with E-state index in [1.54, 1.807) is 0 Å². The smallest absolute Gasteiger partial charge is 0.480 e. The van der Waals surface area contributed by atoms with Gasteiger partial charge in [-0.2, -0.15) is 0 Å². The number of carboxylic acids is 1. The number of carbonyl (C=O) groups is 2. The lowest BCUT2D eigenvalue weighted by Crippen LogP contribution is -2.61. The highest BCUT2D eigenvalue weighted by atomic mass is 19.4. The topological polar surface area (TPSA) is 122 Å². The number of halogens is 3. The molecule has 10 heteroatoms. The summed E-state index contributed by atoms with van der Waals surface area (Å²) < 4.78 is 30.9. The van der Waals surface area contributed by atoms with Crippen LogP contribution < -0.4 is 11.1 Å². The monoisotopic (exact) mass is 304 g/mol. The molecule has 7 nitrogen and oxygen atoms in total. The molecule has 1 aliphatic rings. The van der Waals surface area contributed by atoms with Gasteiger partial charge in [0.1, 0.15) is 6.04 Å². The van der Waals surface area contributed by atoms with Crippen LogP contribution >= 0.6 is 0 Å². The van der Waals surface area contributed by atoms with E-state index in [0.29, 0.717) is 13.0 Å². The fourth-order valence-electron chi connectivity index (χ4n) is 1.46. The minimum atomic E-state index is -4.90.